The summed E-state index contributed by atoms with van der Waals surface area (Å²) >= 11 is 6.23. The van der Waals surface area contributed by atoms with E-state index in [0.717, 1.165) is 21.6 Å². The number of nitrogens with zero attached hydrogens (tertiary/aromatic N) is 1. The van der Waals surface area contributed by atoms with Gasteiger partial charge in [0.15, 0.2) is 0 Å². The fourth-order valence-corrected chi connectivity index (χ4v) is 3.65. The lowest BCUT2D eigenvalue weighted by atomic mass is 10.0. The van der Waals surface area contributed by atoms with E-state index in [-0.39, 0.29) is 5.57 Å². The summed E-state index contributed by atoms with van der Waals surface area (Å²) in [7, 11) is 0. The summed E-state index contributed by atoms with van der Waals surface area (Å²) in [6, 6.07) is 21.4. The number of benzene rings is 3. The van der Waals surface area contributed by atoms with Crippen molar-refractivity contribution in [3.05, 3.63) is 106 Å². The molecule has 1 aliphatic heterocycles. The maximum absolute atomic E-state index is 13.0. The Kier molecular flexibility index (Phi) is 5.69. The number of aryl methyl sites for hydroxylation is 1. The summed E-state index contributed by atoms with van der Waals surface area (Å²) in [4.78, 5) is 38.7. The second-order valence-corrected chi connectivity index (χ2v) is 7.66. The number of halogens is 1. The summed E-state index contributed by atoms with van der Waals surface area (Å²) < 4.78 is 0. The van der Waals surface area contributed by atoms with Gasteiger partial charge in [-0.15, -0.1) is 0 Å². The van der Waals surface area contributed by atoms with Crippen molar-refractivity contribution in [1.29, 1.82) is 0 Å². The summed E-state index contributed by atoms with van der Waals surface area (Å²) in [6.07, 6.45) is 2.17. The smallest absolute Gasteiger partial charge is 0.273 e. The first-order valence-electron chi connectivity index (χ1n) is 9.73. The third-order valence-corrected chi connectivity index (χ3v) is 5.47. The van der Waals surface area contributed by atoms with Gasteiger partial charge in [0.25, 0.3) is 11.8 Å². The van der Waals surface area contributed by atoms with Crippen LogP contribution in [0.3, 0.4) is 0 Å². The summed E-state index contributed by atoms with van der Waals surface area (Å²) in [5, 5.41) is 2.96. The highest BCUT2D eigenvalue weighted by atomic mass is 35.5. The zero-order chi connectivity index (χ0) is 22.0. The van der Waals surface area contributed by atoms with Gasteiger partial charge in [0.1, 0.15) is 5.57 Å². The minimum atomic E-state index is -0.753. The summed E-state index contributed by atoms with van der Waals surface area (Å²) in [5.74, 6) is -1.36. The average Bonchev–Trinajstić information content (AvgIpc) is 2.75. The van der Waals surface area contributed by atoms with Crippen molar-refractivity contribution in [3.8, 4) is 0 Å². The first-order valence-corrected chi connectivity index (χ1v) is 10.1. The Morgan fingerprint density at radius 1 is 0.903 bits per heavy atom. The third kappa shape index (κ3) is 4.27. The van der Waals surface area contributed by atoms with Crippen LogP contribution < -0.4 is 10.2 Å². The van der Waals surface area contributed by atoms with E-state index >= 15 is 0 Å². The van der Waals surface area contributed by atoms with Crippen molar-refractivity contribution in [2.24, 2.45) is 0 Å². The van der Waals surface area contributed by atoms with Gasteiger partial charge in [0.05, 0.1) is 5.69 Å². The average molecular weight is 431 g/mol. The van der Waals surface area contributed by atoms with Gasteiger partial charge >= 0.3 is 6.03 Å². The maximum atomic E-state index is 13.0. The molecule has 0 atom stereocenters. The highest BCUT2D eigenvalue weighted by Gasteiger charge is 2.37. The molecule has 0 unspecified atom stereocenters. The largest absolute Gasteiger partial charge is 0.335 e. The zero-order valence-corrected chi connectivity index (χ0v) is 17.5. The van der Waals surface area contributed by atoms with Crippen molar-refractivity contribution in [1.82, 2.24) is 5.32 Å². The number of nitrogens with one attached hydrogen (secondary N) is 1. The Hall–Kier alpha value is -3.70. The normalized spacial score (nSPS) is 15.4. The van der Waals surface area contributed by atoms with Crippen LogP contribution in [0.2, 0.25) is 5.02 Å². The van der Waals surface area contributed by atoms with Gasteiger partial charge in [-0.1, -0.05) is 72.3 Å². The molecule has 1 N–H and O–H groups in total. The molecule has 1 fully saturated rings. The molecule has 1 heterocycles. The quantitative estimate of drug-likeness (QED) is 0.472. The minimum Gasteiger partial charge on any atom is -0.273 e. The van der Waals surface area contributed by atoms with Crippen molar-refractivity contribution < 1.29 is 14.4 Å². The molecule has 5 nitrogen and oxygen atoms in total. The SMILES string of the molecule is Cc1ccccc1N1C(=O)NC(=O)/C(=C\c2ccc(Cc3ccccc3Cl)cc2)C1=O. The highest BCUT2D eigenvalue weighted by Crippen LogP contribution is 2.25. The molecular formula is C25H19ClN2O3. The molecule has 0 spiro atoms. The molecule has 0 aromatic heterocycles. The highest BCUT2D eigenvalue weighted by molar-refractivity contribution is 6.39. The van der Waals surface area contributed by atoms with Crippen molar-refractivity contribution in [3.63, 3.8) is 0 Å². The second kappa shape index (κ2) is 8.58. The van der Waals surface area contributed by atoms with Crippen LogP contribution in [0, 0.1) is 6.92 Å². The van der Waals surface area contributed by atoms with Crippen LogP contribution in [0.15, 0.2) is 78.4 Å². The Bertz CT molecular complexity index is 1220. The van der Waals surface area contributed by atoms with E-state index in [9.17, 15) is 14.4 Å². The summed E-state index contributed by atoms with van der Waals surface area (Å²) in [5.41, 5.74) is 3.85. The third-order valence-electron chi connectivity index (χ3n) is 5.10. The number of urea groups is 1. The Labute approximate surface area is 185 Å². The predicted octanol–water partition coefficient (Wildman–Crippen LogP) is 4.91. The fraction of sp³-hybridized carbons (Fsp3) is 0.0800. The molecule has 31 heavy (non-hydrogen) atoms. The van der Waals surface area contributed by atoms with Gasteiger partial charge in [-0.2, -0.15) is 0 Å². The van der Waals surface area contributed by atoms with E-state index in [1.165, 1.54) is 6.08 Å². The fourth-order valence-electron chi connectivity index (χ4n) is 3.45. The molecule has 6 heteroatoms. The molecule has 1 aliphatic rings. The van der Waals surface area contributed by atoms with E-state index in [4.69, 9.17) is 11.6 Å². The molecule has 154 valence electrons. The van der Waals surface area contributed by atoms with E-state index in [1.54, 1.807) is 25.1 Å². The number of amides is 4. The second-order valence-electron chi connectivity index (χ2n) is 7.25. The number of carbonyl (C=O) groups excluding carboxylic acids is 3. The molecule has 3 aromatic rings. The van der Waals surface area contributed by atoms with Crippen LogP contribution in [0.1, 0.15) is 22.3 Å². The van der Waals surface area contributed by atoms with Crippen molar-refractivity contribution in [2.45, 2.75) is 13.3 Å². The molecule has 0 bridgehead atoms. The molecule has 0 radical (unpaired) electrons. The van der Waals surface area contributed by atoms with Crippen molar-refractivity contribution >= 4 is 41.2 Å². The van der Waals surface area contributed by atoms with Gasteiger partial charge < -0.3 is 0 Å². The first-order chi connectivity index (χ1) is 14.9. The lowest BCUT2D eigenvalue weighted by molar-refractivity contribution is -0.122. The van der Waals surface area contributed by atoms with E-state index < -0.39 is 17.8 Å². The predicted molar refractivity (Wildman–Crippen MR) is 121 cm³/mol. The van der Waals surface area contributed by atoms with E-state index in [0.29, 0.717) is 22.7 Å². The van der Waals surface area contributed by atoms with E-state index in [2.05, 4.69) is 5.32 Å². The standard InChI is InChI=1S/C25H19ClN2O3/c1-16-6-2-5-9-22(16)28-24(30)20(23(29)27-25(28)31)15-18-12-10-17(11-13-18)14-19-7-3-4-8-21(19)26/h2-13,15H,14H2,1H3,(H,27,29,31)/b20-15+. The molecular weight excluding hydrogens is 412 g/mol. The number of barbiturate groups is 1. The van der Waals surface area contributed by atoms with Crippen LogP contribution in [-0.4, -0.2) is 17.8 Å². The number of rotatable bonds is 4. The van der Waals surface area contributed by atoms with E-state index in [1.807, 2.05) is 54.6 Å². The van der Waals surface area contributed by atoms with Crippen molar-refractivity contribution in [2.75, 3.05) is 4.90 Å². The Morgan fingerprint density at radius 3 is 2.29 bits per heavy atom. The molecule has 4 rings (SSSR count). The van der Waals surface area contributed by atoms with Gasteiger partial charge in [0.2, 0.25) is 0 Å². The molecule has 0 aliphatic carbocycles. The van der Waals surface area contributed by atoms with Crippen LogP contribution in [0.5, 0.6) is 0 Å². The van der Waals surface area contributed by atoms with Crippen LogP contribution in [-0.2, 0) is 16.0 Å². The maximum Gasteiger partial charge on any atom is 0.335 e. The minimum absolute atomic E-state index is 0.0956. The molecule has 1 saturated heterocycles. The number of imide groups is 2. The summed E-state index contributed by atoms with van der Waals surface area (Å²) in [6.45, 7) is 1.80. The Balaban J connectivity index is 1.60. The topological polar surface area (TPSA) is 66.5 Å². The van der Waals surface area contributed by atoms with Gasteiger partial charge in [0, 0.05) is 5.02 Å². The van der Waals surface area contributed by atoms with Gasteiger partial charge in [-0.25, -0.2) is 9.69 Å². The number of hydrogen-bond donors (Lipinski definition) is 1. The van der Waals surface area contributed by atoms with Crippen LogP contribution in [0.25, 0.3) is 6.08 Å². The number of para-hydroxylation sites is 1. The first kappa shape index (κ1) is 20.6. The lowest BCUT2D eigenvalue weighted by Gasteiger charge is -2.27. The monoisotopic (exact) mass is 430 g/mol. The zero-order valence-electron chi connectivity index (χ0n) is 16.8. The number of carbonyl (C=O) groups is 3. The van der Waals surface area contributed by atoms with Crippen LogP contribution in [0.4, 0.5) is 10.5 Å². The van der Waals surface area contributed by atoms with Gasteiger partial charge in [-0.05, 0) is 53.8 Å². The lowest BCUT2D eigenvalue weighted by Crippen LogP contribution is -2.54. The van der Waals surface area contributed by atoms with Gasteiger partial charge in [-0.3, -0.25) is 14.9 Å². The number of hydrogen-bond acceptors (Lipinski definition) is 3. The molecule has 3 aromatic carbocycles. The molecule has 4 amide bonds. The van der Waals surface area contributed by atoms with Crippen LogP contribution >= 0.6 is 11.6 Å². The number of anilines is 1. The Morgan fingerprint density at radius 2 is 1.58 bits per heavy atom. The molecule has 0 saturated carbocycles.